The summed E-state index contributed by atoms with van der Waals surface area (Å²) in [5, 5.41) is 0.625. The summed E-state index contributed by atoms with van der Waals surface area (Å²) < 4.78 is 0. The molecule has 0 radical (unpaired) electrons. The second-order valence-corrected chi connectivity index (χ2v) is 5.72. The number of aromatic nitrogens is 2. The Bertz CT molecular complexity index is 457. The number of H-pyrrole nitrogens is 1. The molecule has 84 valence electrons. The minimum absolute atomic E-state index is 0.625. The van der Waals surface area contributed by atoms with Gasteiger partial charge in [-0.2, -0.15) is 0 Å². The van der Waals surface area contributed by atoms with Crippen LogP contribution in [-0.2, 0) is 0 Å². The number of imidazole rings is 1. The first kappa shape index (κ1) is 11.3. The van der Waals surface area contributed by atoms with Gasteiger partial charge in [-0.3, -0.25) is 0 Å². The lowest BCUT2D eigenvalue weighted by Gasteiger charge is -2.05. The number of hydrogen-bond acceptors (Lipinski definition) is 2. The Morgan fingerprint density at radius 1 is 1.19 bits per heavy atom. The quantitative estimate of drug-likeness (QED) is 0.813. The highest BCUT2D eigenvalue weighted by molar-refractivity contribution is 7.99. The number of hydrogen-bond donors (Lipinski definition) is 1. The standard InChI is InChI=1S/C13H16N2S/c1-9(2)16-12-6-4-11(5-7-12)13-8-14-10(3)15-13/h4-9H,1-3H3,(H,14,15). The van der Waals surface area contributed by atoms with Crippen LogP contribution in [-0.4, -0.2) is 15.2 Å². The summed E-state index contributed by atoms with van der Waals surface area (Å²) in [6, 6.07) is 8.60. The van der Waals surface area contributed by atoms with Gasteiger partial charge in [0.2, 0.25) is 0 Å². The van der Waals surface area contributed by atoms with E-state index >= 15 is 0 Å². The topological polar surface area (TPSA) is 28.7 Å². The van der Waals surface area contributed by atoms with Crippen molar-refractivity contribution in [2.45, 2.75) is 30.9 Å². The van der Waals surface area contributed by atoms with E-state index in [1.54, 1.807) is 0 Å². The highest BCUT2D eigenvalue weighted by atomic mass is 32.2. The third-order valence-corrected chi connectivity index (χ3v) is 3.26. The van der Waals surface area contributed by atoms with E-state index in [-0.39, 0.29) is 0 Å². The lowest BCUT2D eigenvalue weighted by molar-refractivity contribution is 1.11. The van der Waals surface area contributed by atoms with Crippen molar-refractivity contribution in [1.82, 2.24) is 9.97 Å². The van der Waals surface area contributed by atoms with E-state index in [9.17, 15) is 0 Å². The third-order valence-electron chi connectivity index (χ3n) is 2.24. The molecule has 0 unspecified atom stereocenters. The van der Waals surface area contributed by atoms with Gasteiger partial charge in [0.15, 0.2) is 0 Å². The van der Waals surface area contributed by atoms with Gasteiger partial charge < -0.3 is 4.98 Å². The van der Waals surface area contributed by atoms with Crippen LogP contribution in [0.5, 0.6) is 0 Å². The summed E-state index contributed by atoms with van der Waals surface area (Å²) in [6.07, 6.45) is 1.87. The monoisotopic (exact) mass is 232 g/mol. The van der Waals surface area contributed by atoms with Crippen LogP contribution in [0.1, 0.15) is 19.7 Å². The summed E-state index contributed by atoms with van der Waals surface area (Å²) in [6.45, 7) is 6.38. The first-order chi connectivity index (χ1) is 7.65. The Kier molecular flexibility index (Phi) is 3.34. The maximum atomic E-state index is 4.20. The first-order valence-electron chi connectivity index (χ1n) is 5.44. The normalized spacial score (nSPS) is 11.0. The second kappa shape index (κ2) is 4.74. The van der Waals surface area contributed by atoms with E-state index in [2.05, 4.69) is 48.1 Å². The molecular weight excluding hydrogens is 216 g/mol. The van der Waals surface area contributed by atoms with E-state index < -0.39 is 0 Å². The van der Waals surface area contributed by atoms with Crippen LogP contribution in [0.2, 0.25) is 0 Å². The predicted molar refractivity (Wildman–Crippen MR) is 69.8 cm³/mol. The van der Waals surface area contributed by atoms with E-state index in [1.807, 2.05) is 24.9 Å². The number of nitrogens with zero attached hydrogens (tertiary/aromatic N) is 1. The van der Waals surface area contributed by atoms with Crippen molar-refractivity contribution in [2.75, 3.05) is 0 Å². The van der Waals surface area contributed by atoms with E-state index in [4.69, 9.17) is 0 Å². The zero-order valence-corrected chi connectivity index (χ0v) is 10.6. The van der Waals surface area contributed by atoms with Gasteiger partial charge in [0.1, 0.15) is 5.82 Å². The van der Waals surface area contributed by atoms with Crippen molar-refractivity contribution >= 4 is 11.8 Å². The van der Waals surface area contributed by atoms with E-state index in [0.717, 1.165) is 11.5 Å². The molecule has 3 heteroatoms. The van der Waals surface area contributed by atoms with Crippen LogP contribution in [0.4, 0.5) is 0 Å². The summed E-state index contributed by atoms with van der Waals surface area (Å²) in [5.41, 5.74) is 2.27. The summed E-state index contributed by atoms with van der Waals surface area (Å²) in [7, 11) is 0. The molecule has 0 atom stereocenters. The molecule has 2 rings (SSSR count). The molecule has 0 aliphatic rings. The van der Waals surface area contributed by atoms with Gasteiger partial charge in [-0.1, -0.05) is 26.0 Å². The lowest BCUT2D eigenvalue weighted by atomic mass is 10.2. The minimum atomic E-state index is 0.625. The van der Waals surface area contributed by atoms with Crippen LogP contribution >= 0.6 is 11.8 Å². The molecule has 0 spiro atoms. The smallest absolute Gasteiger partial charge is 0.103 e. The zero-order valence-electron chi connectivity index (χ0n) is 9.82. The molecule has 2 aromatic rings. The average molecular weight is 232 g/mol. The molecule has 1 aromatic carbocycles. The summed E-state index contributed by atoms with van der Waals surface area (Å²) >= 11 is 1.88. The van der Waals surface area contributed by atoms with Crippen molar-refractivity contribution in [3.8, 4) is 11.3 Å². The number of aryl methyl sites for hydroxylation is 1. The molecule has 0 saturated heterocycles. The molecule has 0 aliphatic heterocycles. The molecule has 2 nitrogen and oxygen atoms in total. The SMILES string of the molecule is Cc1ncc(-c2ccc(SC(C)C)cc2)[nH]1. The van der Waals surface area contributed by atoms with Gasteiger partial charge in [-0.05, 0) is 24.6 Å². The molecule has 16 heavy (non-hydrogen) atoms. The molecule has 1 N–H and O–H groups in total. The van der Waals surface area contributed by atoms with Crippen molar-refractivity contribution in [1.29, 1.82) is 0 Å². The van der Waals surface area contributed by atoms with Gasteiger partial charge >= 0.3 is 0 Å². The fourth-order valence-electron chi connectivity index (χ4n) is 1.55. The van der Waals surface area contributed by atoms with Gasteiger partial charge in [0.25, 0.3) is 0 Å². The molecule has 1 aromatic heterocycles. The maximum Gasteiger partial charge on any atom is 0.103 e. The van der Waals surface area contributed by atoms with Crippen molar-refractivity contribution < 1.29 is 0 Å². The Morgan fingerprint density at radius 2 is 1.88 bits per heavy atom. The van der Waals surface area contributed by atoms with Gasteiger partial charge in [0, 0.05) is 10.1 Å². The van der Waals surface area contributed by atoms with Crippen LogP contribution in [0.15, 0.2) is 35.4 Å². The fraction of sp³-hybridized carbons (Fsp3) is 0.308. The second-order valence-electron chi connectivity index (χ2n) is 4.07. The van der Waals surface area contributed by atoms with Crippen LogP contribution in [0.25, 0.3) is 11.3 Å². The fourth-order valence-corrected chi connectivity index (χ4v) is 2.39. The number of rotatable bonds is 3. The number of benzene rings is 1. The van der Waals surface area contributed by atoms with Crippen LogP contribution in [0, 0.1) is 6.92 Å². The first-order valence-corrected chi connectivity index (χ1v) is 6.32. The van der Waals surface area contributed by atoms with Crippen LogP contribution in [0.3, 0.4) is 0 Å². The molecule has 0 bridgehead atoms. The third kappa shape index (κ3) is 2.67. The molecule has 0 fully saturated rings. The molecule has 0 aliphatic carbocycles. The highest BCUT2D eigenvalue weighted by Gasteiger charge is 2.02. The summed E-state index contributed by atoms with van der Waals surface area (Å²) in [4.78, 5) is 8.75. The molecule has 0 saturated carbocycles. The highest BCUT2D eigenvalue weighted by Crippen LogP contribution is 2.25. The number of thioether (sulfide) groups is 1. The number of nitrogens with one attached hydrogen (secondary N) is 1. The molecule has 0 amide bonds. The summed E-state index contributed by atoms with van der Waals surface area (Å²) in [5.74, 6) is 0.954. The average Bonchev–Trinajstić information content (AvgIpc) is 2.65. The Balaban J connectivity index is 2.19. The van der Waals surface area contributed by atoms with Crippen molar-refractivity contribution in [3.63, 3.8) is 0 Å². The van der Waals surface area contributed by atoms with Gasteiger partial charge in [0.05, 0.1) is 11.9 Å². The molecule has 1 heterocycles. The Hall–Kier alpha value is -1.22. The predicted octanol–water partition coefficient (Wildman–Crippen LogP) is 3.89. The Morgan fingerprint density at radius 3 is 2.38 bits per heavy atom. The van der Waals surface area contributed by atoms with Crippen LogP contribution < -0.4 is 0 Å². The van der Waals surface area contributed by atoms with Crippen molar-refractivity contribution in [2.24, 2.45) is 0 Å². The Labute approximate surface area is 101 Å². The van der Waals surface area contributed by atoms with Gasteiger partial charge in [-0.15, -0.1) is 11.8 Å². The van der Waals surface area contributed by atoms with E-state index in [1.165, 1.54) is 10.5 Å². The van der Waals surface area contributed by atoms with E-state index in [0.29, 0.717) is 5.25 Å². The maximum absolute atomic E-state index is 4.20. The minimum Gasteiger partial charge on any atom is -0.342 e. The zero-order chi connectivity index (χ0) is 11.5. The largest absolute Gasteiger partial charge is 0.342 e. The lowest BCUT2D eigenvalue weighted by Crippen LogP contribution is -1.85. The molecular formula is C13H16N2S. The van der Waals surface area contributed by atoms with Crippen molar-refractivity contribution in [3.05, 3.63) is 36.3 Å². The van der Waals surface area contributed by atoms with Gasteiger partial charge in [-0.25, -0.2) is 4.98 Å². The number of aromatic amines is 1.